The van der Waals surface area contributed by atoms with Gasteiger partial charge in [-0.1, -0.05) is 5.16 Å². The topological polar surface area (TPSA) is 88.3 Å². The van der Waals surface area contributed by atoms with E-state index >= 15 is 0 Å². The molecule has 0 bridgehead atoms. The molecular formula is C18H18N4O3S. The van der Waals surface area contributed by atoms with E-state index < -0.39 is 0 Å². The van der Waals surface area contributed by atoms with Gasteiger partial charge in [0, 0.05) is 49.1 Å². The average molecular weight is 370 g/mol. The minimum absolute atomic E-state index is 0.0827. The Morgan fingerprint density at radius 2 is 1.96 bits per heavy atom. The van der Waals surface area contributed by atoms with Crippen molar-refractivity contribution in [2.24, 2.45) is 0 Å². The van der Waals surface area contributed by atoms with Crippen LogP contribution in [0.3, 0.4) is 0 Å². The van der Waals surface area contributed by atoms with Crippen molar-refractivity contribution in [2.75, 3.05) is 19.4 Å². The Kier molecular flexibility index (Phi) is 5.43. The highest BCUT2D eigenvalue weighted by atomic mass is 32.1. The lowest BCUT2D eigenvalue weighted by atomic mass is 10.2. The number of anilines is 1. The van der Waals surface area contributed by atoms with Gasteiger partial charge in [-0.2, -0.15) is 16.3 Å². The number of nitrogens with zero attached hydrogens (tertiary/aromatic N) is 3. The van der Waals surface area contributed by atoms with Crippen molar-refractivity contribution in [3.63, 3.8) is 0 Å². The molecule has 0 atom stereocenters. The molecule has 8 heteroatoms. The van der Waals surface area contributed by atoms with E-state index in [1.165, 1.54) is 4.90 Å². The van der Waals surface area contributed by atoms with Crippen LogP contribution in [-0.4, -0.2) is 41.0 Å². The van der Waals surface area contributed by atoms with Gasteiger partial charge in [-0.25, -0.2) is 0 Å². The summed E-state index contributed by atoms with van der Waals surface area (Å²) in [7, 11) is 3.39. The molecule has 0 aliphatic heterocycles. The van der Waals surface area contributed by atoms with Gasteiger partial charge >= 0.3 is 0 Å². The van der Waals surface area contributed by atoms with Gasteiger partial charge in [-0.05, 0) is 35.7 Å². The molecular weight excluding hydrogens is 352 g/mol. The van der Waals surface area contributed by atoms with Gasteiger partial charge in [0.05, 0.1) is 0 Å². The number of hydrogen-bond donors (Lipinski definition) is 1. The second-order valence-corrected chi connectivity index (χ2v) is 6.63. The smallest absolute Gasteiger partial charge is 0.253 e. The van der Waals surface area contributed by atoms with Gasteiger partial charge in [0.2, 0.25) is 17.6 Å². The summed E-state index contributed by atoms with van der Waals surface area (Å²) in [6, 6.07) is 8.69. The Morgan fingerprint density at radius 3 is 2.62 bits per heavy atom. The summed E-state index contributed by atoms with van der Waals surface area (Å²) in [5, 5.41) is 10.6. The molecule has 3 rings (SSSR count). The van der Waals surface area contributed by atoms with Crippen molar-refractivity contribution >= 4 is 28.8 Å². The van der Waals surface area contributed by atoms with Gasteiger partial charge in [-0.15, -0.1) is 0 Å². The molecule has 2 aromatic heterocycles. The van der Waals surface area contributed by atoms with Crippen LogP contribution < -0.4 is 5.32 Å². The number of aryl methyl sites for hydroxylation is 1. The van der Waals surface area contributed by atoms with Gasteiger partial charge in [0.15, 0.2) is 0 Å². The SMILES string of the molecule is CN(C)C(=O)c1ccc(NC(=O)CCc2nc(-c3ccsc3)no2)cc1. The van der Waals surface area contributed by atoms with Crippen molar-refractivity contribution in [3.8, 4) is 11.4 Å². The van der Waals surface area contributed by atoms with E-state index in [2.05, 4.69) is 15.5 Å². The van der Waals surface area contributed by atoms with Crippen molar-refractivity contribution < 1.29 is 14.1 Å². The number of nitrogens with one attached hydrogen (secondary N) is 1. The average Bonchev–Trinajstić information content (AvgIpc) is 3.31. The number of thiophene rings is 1. The molecule has 7 nitrogen and oxygen atoms in total. The zero-order chi connectivity index (χ0) is 18.5. The maximum absolute atomic E-state index is 12.1. The van der Waals surface area contributed by atoms with Crippen LogP contribution >= 0.6 is 11.3 Å². The lowest BCUT2D eigenvalue weighted by Crippen LogP contribution is -2.21. The quantitative estimate of drug-likeness (QED) is 0.720. The van der Waals surface area contributed by atoms with E-state index in [9.17, 15) is 9.59 Å². The number of carbonyl (C=O) groups excluding carboxylic acids is 2. The first-order valence-electron chi connectivity index (χ1n) is 7.99. The van der Waals surface area contributed by atoms with Crippen LogP contribution in [0.2, 0.25) is 0 Å². The highest BCUT2D eigenvalue weighted by molar-refractivity contribution is 7.08. The summed E-state index contributed by atoms with van der Waals surface area (Å²) in [5.41, 5.74) is 2.11. The molecule has 2 amide bonds. The fourth-order valence-electron chi connectivity index (χ4n) is 2.26. The van der Waals surface area contributed by atoms with Gasteiger partial charge in [-0.3, -0.25) is 9.59 Å². The summed E-state index contributed by atoms with van der Waals surface area (Å²) in [6.07, 6.45) is 0.587. The van der Waals surface area contributed by atoms with Gasteiger partial charge in [0.1, 0.15) is 0 Å². The predicted octanol–water partition coefficient (Wildman–Crippen LogP) is 3.07. The van der Waals surface area contributed by atoms with E-state index in [1.807, 2.05) is 16.8 Å². The monoisotopic (exact) mass is 370 g/mol. The Balaban J connectivity index is 1.52. The molecule has 0 saturated heterocycles. The molecule has 3 aromatic rings. The van der Waals surface area contributed by atoms with E-state index in [0.29, 0.717) is 29.4 Å². The first-order chi connectivity index (χ1) is 12.5. The number of aromatic nitrogens is 2. The van der Waals surface area contributed by atoms with E-state index in [1.54, 1.807) is 49.7 Å². The molecule has 1 N–H and O–H groups in total. The normalized spacial score (nSPS) is 10.5. The number of hydrogen-bond acceptors (Lipinski definition) is 6. The molecule has 0 saturated carbocycles. The molecule has 1 aromatic carbocycles. The number of amides is 2. The summed E-state index contributed by atoms with van der Waals surface area (Å²) < 4.78 is 5.17. The Bertz CT molecular complexity index is 886. The van der Waals surface area contributed by atoms with Gasteiger partial charge in [0.25, 0.3) is 5.91 Å². The van der Waals surface area contributed by atoms with E-state index in [0.717, 1.165) is 5.56 Å². The summed E-state index contributed by atoms with van der Waals surface area (Å²) >= 11 is 1.56. The first-order valence-corrected chi connectivity index (χ1v) is 8.94. The van der Waals surface area contributed by atoms with E-state index in [-0.39, 0.29) is 18.2 Å². The van der Waals surface area contributed by atoms with Crippen molar-refractivity contribution in [3.05, 3.63) is 52.5 Å². The third-order valence-electron chi connectivity index (χ3n) is 3.64. The number of benzene rings is 1. The third-order valence-corrected chi connectivity index (χ3v) is 4.32. The number of carbonyl (C=O) groups is 2. The second-order valence-electron chi connectivity index (χ2n) is 5.85. The molecule has 26 heavy (non-hydrogen) atoms. The molecule has 134 valence electrons. The standard InChI is InChI=1S/C18H18N4O3S/c1-22(2)18(24)12-3-5-14(6-4-12)19-15(23)7-8-16-20-17(21-25-16)13-9-10-26-11-13/h3-6,9-11H,7-8H2,1-2H3,(H,19,23). The molecule has 0 radical (unpaired) electrons. The minimum atomic E-state index is -0.160. The van der Waals surface area contributed by atoms with Crippen LogP contribution in [0.15, 0.2) is 45.6 Å². The second kappa shape index (κ2) is 7.92. The van der Waals surface area contributed by atoms with Crippen molar-refractivity contribution in [2.45, 2.75) is 12.8 Å². The van der Waals surface area contributed by atoms with Crippen LogP contribution in [0, 0.1) is 0 Å². The summed E-state index contributed by atoms with van der Waals surface area (Å²) in [6.45, 7) is 0. The highest BCUT2D eigenvalue weighted by Crippen LogP contribution is 2.19. The zero-order valence-electron chi connectivity index (χ0n) is 14.4. The maximum Gasteiger partial charge on any atom is 0.253 e. The van der Waals surface area contributed by atoms with Crippen LogP contribution in [0.25, 0.3) is 11.4 Å². The summed E-state index contributed by atoms with van der Waals surface area (Å²) in [4.78, 5) is 29.7. The highest BCUT2D eigenvalue weighted by Gasteiger charge is 2.12. The van der Waals surface area contributed by atoms with Gasteiger partial charge < -0.3 is 14.7 Å². The maximum atomic E-state index is 12.1. The van der Waals surface area contributed by atoms with Crippen LogP contribution in [0.4, 0.5) is 5.69 Å². The molecule has 0 fully saturated rings. The molecule has 0 spiro atoms. The van der Waals surface area contributed by atoms with Crippen LogP contribution in [0.5, 0.6) is 0 Å². The lowest BCUT2D eigenvalue weighted by Gasteiger charge is -2.10. The fourth-order valence-corrected chi connectivity index (χ4v) is 2.90. The van der Waals surface area contributed by atoms with Crippen LogP contribution in [0.1, 0.15) is 22.7 Å². The number of rotatable bonds is 6. The Morgan fingerprint density at radius 1 is 1.19 bits per heavy atom. The third kappa shape index (κ3) is 4.34. The molecule has 0 unspecified atom stereocenters. The lowest BCUT2D eigenvalue weighted by molar-refractivity contribution is -0.116. The predicted molar refractivity (Wildman–Crippen MR) is 99.0 cm³/mol. The summed E-state index contributed by atoms with van der Waals surface area (Å²) in [5.74, 6) is 0.712. The molecule has 2 heterocycles. The molecule has 0 aliphatic carbocycles. The fraction of sp³-hybridized carbons (Fsp3) is 0.222. The minimum Gasteiger partial charge on any atom is -0.345 e. The van der Waals surface area contributed by atoms with Crippen molar-refractivity contribution in [1.82, 2.24) is 15.0 Å². The Hall–Kier alpha value is -3.00. The molecule has 0 aliphatic rings. The largest absolute Gasteiger partial charge is 0.345 e. The van der Waals surface area contributed by atoms with E-state index in [4.69, 9.17) is 4.52 Å². The first kappa shape index (κ1) is 17.8. The van der Waals surface area contributed by atoms with Crippen LogP contribution in [-0.2, 0) is 11.2 Å². The Labute approximate surface area is 154 Å². The van der Waals surface area contributed by atoms with Crippen molar-refractivity contribution in [1.29, 1.82) is 0 Å². The zero-order valence-corrected chi connectivity index (χ0v) is 15.2.